The van der Waals surface area contributed by atoms with E-state index in [9.17, 15) is 19.8 Å². The molecule has 0 heterocycles. The predicted octanol–water partition coefficient (Wildman–Crippen LogP) is 4.13. The number of unbranched alkanes of at least 4 members (excludes halogenated alkanes) is 4. The Bertz CT molecular complexity index is 344. The molecule has 26 heavy (non-hydrogen) atoms. The van der Waals surface area contributed by atoms with Crippen LogP contribution in [0.15, 0.2) is 0 Å². The fourth-order valence-corrected chi connectivity index (χ4v) is 5.94. The van der Waals surface area contributed by atoms with Gasteiger partial charge in [0, 0.05) is 23.0 Å². The van der Waals surface area contributed by atoms with Crippen LogP contribution in [0.2, 0.25) is 0 Å². The standard InChI is InChI=1S/C16H32N2O4S4/c1-3-5-7-9-23-17-13(15(19)20)11-25-26-12-14(16(21)22)18-24-10-8-6-4-2/h13-14,17-18H,3-12H2,1-2H3,(H,19,20)(H,21,22)/t13-,14?/m0/s1. The Morgan fingerprint density at radius 2 is 1.15 bits per heavy atom. The minimum Gasteiger partial charge on any atom is -0.480 e. The summed E-state index contributed by atoms with van der Waals surface area (Å²) in [4.78, 5) is 22.6. The van der Waals surface area contributed by atoms with Crippen molar-refractivity contribution in [2.75, 3.05) is 23.0 Å². The predicted molar refractivity (Wildman–Crippen MR) is 118 cm³/mol. The lowest BCUT2D eigenvalue weighted by atomic mass is 10.3. The van der Waals surface area contributed by atoms with E-state index in [0.717, 1.165) is 50.0 Å². The Labute approximate surface area is 173 Å². The fraction of sp³-hybridized carbons (Fsp3) is 0.875. The maximum atomic E-state index is 11.3. The first kappa shape index (κ1) is 26.3. The molecule has 0 aliphatic carbocycles. The van der Waals surface area contributed by atoms with Crippen molar-refractivity contribution >= 4 is 57.4 Å². The van der Waals surface area contributed by atoms with Crippen molar-refractivity contribution < 1.29 is 19.8 Å². The quantitative estimate of drug-likeness (QED) is 0.132. The monoisotopic (exact) mass is 444 g/mol. The van der Waals surface area contributed by atoms with Gasteiger partial charge in [-0.2, -0.15) is 0 Å². The van der Waals surface area contributed by atoms with Gasteiger partial charge in [0.2, 0.25) is 0 Å². The molecule has 0 spiro atoms. The second-order valence-electron chi connectivity index (χ2n) is 5.70. The van der Waals surface area contributed by atoms with Crippen LogP contribution in [0.25, 0.3) is 0 Å². The lowest BCUT2D eigenvalue weighted by Crippen LogP contribution is -2.35. The molecule has 0 aliphatic rings. The highest BCUT2D eigenvalue weighted by Crippen LogP contribution is 2.24. The highest BCUT2D eigenvalue weighted by atomic mass is 33.1. The summed E-state index contributed by atoms with van der Waals surface area (Å²) in [6, 6.07) is -1.25. The van der Waals surface area contributed by atoms with Crippen LogP contribution in [0.3, 0.4) is 0 Å². The van der Waals surface area contributed by atoms with Crippen LogP contribution < -0.4 is 9.44 Å². The maximum absolute atomic E-state index is 11.3. The molecule has 0 radical (unpaired) electrons. The molecule has 0 bridgehead atoms. The summed E-state index contributed by atoms with van der Waals surface area (Å²) in [5.74, 6) is 0.847. The van der Waals surface area contributed by atoms with Crippen LogP contribution in [0, 0.1) is 0 Å². The van der Waals surface area contributed by atoms with E-state index in [4.69, 9.17) is 0 Å². The first-order chi connectivity index (χ1) is 12.5. The van der Waals surface area contributed by atoms with Crippen LogP contribution in [-0.2, 0) is 9.59 Å². The van der Waals surface area contributed by atoms with Gasteiger partial charge in [0.25, 0.3) is 0 Å². The Morgan fingerprint density at radius 3 is 1.46 bits per heavy atom. The van der Waals surface area contributed by atoms with Gasteiger partial charge in [-0.05, 0) is 12.8 Å². The average Bonchev–Trinajstić information content (AvgIpc) is 2.60. The third-order valence-electron chi connectivity index (χ3n) is 3.30. The molecule has 10 heteroatoms. The molecule has 154 valence electrons. The Hall–Kier alpha value is 0.260. The van der Waals surface area contributed by atoms with Crippen LogP contribution in [-0.4, -0.2) is 57.2 Å². The third kappa shape index (κ3) is 15.3. The van der Waals surface area contributed by atoms with Gasteiger partial charge in [0.1, 0.15) is 12.1 Å². The summed E-state index contributed by atoms with van der Waals surface area (Å²) in [7, 11) is 2.80. The van der Waals surface area contributed by atoms with Gasteiger partial charge in [-0.15, -0.1) is 0 Å². The number of hydrogen-bond donors (Lipinski definition) is 4. The number of hydrogen-bond acceptors (Lipinski definition) is 8. The number of carboxylic acids is 2. The number of carbonyl (C=O) groups is 2. The summed E-state index contributed by atoms with van der Waals surface area (Å²) in [6.07, 6.45) is 6.73. The molecular weight excluding hydrogens is 412 g/mol. The lowest BCUT2D eigenvalue weighted by molar-refractivity contribution is -0.139. The van der Waals surface area contributed by atoms with Crippen LogP contribution in [0.1, 0.15) is 52.4 Å². The minimum absolute atomic E-state index is 0.400. The SMILES string of the molecule is CCCCCSNC(CSSC[C@H](NSCCCCC)C(=O)O)C(=O)O. The van der Waals surface area contributed by atoms with E-state index in [1.807, 2.05) is 0 Å². The van der Waals surface area contributed by atoms with Crippen molar-refractivity contribution in [3.8, 4) is 0 Å². The van der Waals surface area contributed by atoms with Crippen molar-refractivity contribution in [1.29, 1.82) is 0 Å². The van der Waals surface area contributed by atoms with Crippen LogP contribution >= 0.6 is 45.5 Å². The molecule has 6 nitrogen and oxygen atoms in total. The van der Waals surface area contributed by atoms with E-state index in [0.29, 0.717) is 11.5 Å². The maximum Gasteiger partial charge on any atom is 0.322 e. The molecule has 0 saturated heterocycles. The lowest BCUT2D eigenvalue weighted by Gasteiger charge is -2.15. The molecule has 2 atom stereocenters. The highest BCUT2D eigenvalue weighted by Gasteiger charge is 2.20. The van der Waals surface area contributed by atoms with Crippen molar-refractivity contribution in [1.82, 2.24) is 9.44 Å². The van der Waals surface area contributed by atoms with Crippen molar-refractivity contribution in [3.63, 3.8) is 0 Å². The third-order valence-corrected chi connectivity index (χ3v) is 7.61. The van der Waals surface area contributed by atoms with Gasteiger partial charge in [-0.25, -0.2) is 9.44 Å². The van der Waals surface area contributed by atoms with Crippen LogP contribution in [0.5, 0.6) is 0 Å². The Morgan fingerprint density at radius 1 is 0.769 bits per heavy atom. The summed E-state index contributed by atoms with van der Waals surface area (Å²) in [6.45, 7) is 4.27. The number of aliphatic carboxylic acids is 2. The molecule has 0 aliphatic heterocycles. The topological polar surface area (TPSA) is 98.7 Å². The molecular formula is C16H32N2O4S4. The fourth-order valence-electron chi connectivity index (χ4n) is 1.71. The second kappa shape index (κ2) is 18.6. The van der Waals surface area contributed by atoms with Crippen molar-refractivity contribution in [2.45, 2.75) is 64.5 Å². The molecule has 0 rings (SSSR count). The Kier molecular flexibility index (Phi) is 18.8. The van der Waals surface area contributed by atoms with Crippen molar-refractivity contribution in [3.05, 3.63) is 0 Å². The zero-order chi connectivity index (χ0) is 19.6. The summed E-state index contributed by atoms with van der Waals surface area (Å²) in [5.41, 5.74) is 0. The average molecular weight is 445 g/mol. The molecule has 0 fully saturated rings. The van der Waals surface area contributed by atoms with Crippen molar-refractivity contribution in [2.24, 2.45) is 0 Å². The second-order valence-corrected chi connectivity index (χ2v) is 10.1. The van der Waals surface area contributed by atoms with E-state index >= 15 is 0 Å². The molecule has 4 N–H and O–H groups in total. The van der Waals surface area contributed by atoms with Crippen LogP contribution in [0.4, 0.5) is 0 Å². The largest absolute Gasteiger partial charge is 0.480 e. The summed E-state index contributed by atoms with van der Waals surface area (Å²) in [5, 5.41) is 18.5. The zero-order valence-corrected chi connectivity index (χ0v) is 18.8. The van der Waals surface area contributed by atoms with E-state index in [-0.39, 0.29) is 0 Å². The number of nitrogens with one attached hydrogen (secondary N) is 2. The van der Waals surface area contributed by atoms with E-state index in [1.165, 1.54) is 45.5 Å². The van der Waals surface area contributed by atoms with Gasteiger partial charge >= 0.3 is 11.9 Å². The summed E-state index contributed by atoms with van der Waals surface area (Å²) < 4.78 is 5.98. The smallest absolute Gasteiger partial charge is 0.322 e. The molecule has 0 aromatic rings. The molecule has 0 aromatic carbocycles. The van der Waals surface area contributed by atoms with Gasteiger partial charge in [-0.1, -0.05) is 85.0 Å². The molecule has 1 unspecified atom stereocenters. The van der Waals surface area contributed by atoms with Gasteiger partial charge in [0.05, 0.1) is 0 Å². The Balaban J connectivity index is 3.95. The number of carboxylic acid groups (broad SMARTS) is 2. The molecule has 0 aromatic heterocycles. The normalized spacial score (nSPS) is 13.5. The van der Waals surface area contributed by atoms with Gasteiger partial charge in [-0.3, -0.25) is 9.59 Å². The minimum atomic E-state index is -0.875. The zero-order valence-electron chi connectivity index (χ0n) is 15.6. The highest BCUT2D eigenvalue weighted by molar-refractivity contribution is 8.76. The molecule has 0 saturated carbocycles. The van der Waals surface area contributed by atoms with Gasteiger partial charge in [0.15, 0.2) is 0 Å². The van der Waals surface area contributed by atoms with Gasteiger partial charge < -0.3 is 10.2 Å². The van der Waals surface area contributed by atoms with E-state index in [1.54, 1.807) is 0 Å². The first-order valence-corrected chi connectivity index (χ1v) is 13.4. The van der Waals surface area contributed by atoms with E-state index in [2.05, 4.69) is 23.3 Å². The van der Waals surface area contributed by atoms with E-state index < -0.39 is 24.0 Å². The summed E-state index contributed by atoms with van der Waals surface area (Å²) >= 11 is 2.91. The first-order valence-electron chi connectivity index (χ1n) is 8.97. The molecule has 0 amide bonds. The number of rotatable bonds is 19.